The molecular weight excluding hydrogens is 292 g/mol. The Morgan fingerprint density at radius 3 is 1.87 bits per heavy atom. The van der Waals surface area contributed by atoms with Crippen LogP contribution in [0.3, 0.4) is 0 Å². The summed E-state index contributed by atoms with van der Waals surface area (Å²) in [5, 5.41) is 10.4. The van der Waals surface area contributed by atoms with Crippen molar-refractivity contribution in [2.75, 3.05) is 0 Å². The van der Waals surface area contributed by atoms with Gasteiger partial charge in [-0.15, -0.1) is 6.58 Å². The molecule has 0 spiro atoms. The number of aliphatic hydroxyl groups is 1. The number of allylic oxidation sites excluding steroid dienone is 1. The van der Waals surface area contributed by atoms with Crippen molar-refractivity contribution in [3.63, 3.8) is 0 Å². The topological polar surface area (TPSA) is 55.8 Å². The largest absolute Gasteiger partial charge is 0.392 e. The summed E-state index contributed by atoms with van der Waals surface area (Å²) in [4.78, 5) is 13.0. The predicted octanol–water partition coefficient (Wildman–Crippen LogP) is 3.97. The number of aliphatic hydroxyl groups excluding tert-OH is 1. The van der Waals surface area contributed by atoms with Gasteiger partial charge in [0, 0.05) is 5.92 Å². The van der Waals surface area contributed by atoms with Gasteiger partial charge in [0.15, 0.2) is 6.29 Å². The molecule has 0 bridgehead atoms. The number of rotatable bonds is 11. The van der Waals surface area contributed by atoms with Gasteiger partial charge in [-0.1, -0.05) is 19.9 Å². The van der Waals surface area contributed by atoms with Crippen molar-refractivity contribution in [3.05, 3.63) is 12.7 Å². The molecule has 0 amide bonds. The quantitative estimate of drug-likeness (QED) is 0.460. The number of ether oxygens (including phenoxy) is 2. The Hall–Kier alpha value is -0.710. The van der Waals surface area contributed by atoms with Crippen molar-refractivity contribution in [1.29, 1.82) is 0 Å². The number of ketones is 1. The van der Waals surface area contributed by atoms with E-state index in [9.17, 15) is 9.90 Å². The lowest BCUT2D eigenvalue weighted by molar-refractivity contribution is -0.229. The van der Waals surface area contributed by atoms with E-state index in [1.807, 2.05) is 48.5 Å². The van der Waals surface area contributed by atoms with Gasteiger partial charge >= 0.3 is 0 Å². The summed E-state index contributed by atoms with van der Waals surface area (Å²) in [5.74, 6) is -0.557. The number of carbonyl (C=O) groups excluding carboxylic acids is 1. The molecule has 1 N–H and O–H groups in total. The fourth-order valence-corrected chi connectivity index (χ4v) is 2.62. The number of hydrogen-bond acceptors (Lipinski definition) is 4. The van der Waals surface area contributed by atoms with Crippen LogP contribution in [0.25, 0.3) is 0 Å². The number of Topliss-reactive ketones (excluding diaryl/α,β-unsaturated/α-hetero) is 1. The van der Waals surface area contributed by atoms with Crippen LogP contribution in [0.5, 0.6) is 0 Å². The molecule has 0 saturated carbocycles. The Labute approximate surface area is 142 Å². The lowest BCUT2D eigenvalue weighted by atomic mass is 9.76. The molecule has 0 rings (SSSR count). The first-order valence-corrected chi connectivity index (χ1v) is 8.59. The van der Waals surface area contributed by atoms with Gasteiger partial charge in [-0.25, -0.2) is 0 Å². The monoisotopic (exact) mass is 328 g/mol. The molecule has 3 atom stereocenters. The smallest absolute Gasteiger partial charge is 0.170 e. The maximum absolute atomic E-state index is 13.0. The van der Waals surface area contributed by atoms with Crippen LogP contribution in [0.1, 0.15) is 61.8 Å². The second-order valence-electron chi connectivity index (χ2n) is 7.57. The van der Waals surface area contributed by atoms with E-state index in [1.54, 1.807) is 13.0 Å². The van der Waals surface area contributed by atoms with Gasteiger partial charge < -0.3 is 14.6 Å². The molecule has 0 saturated heterocycles. The van der Waals surface area contributed by atoms with Gasteiger partial charge in [0.1, 0.15) is 5.78 Å². The molecule has 136 valence electrons. The Morgan fingerprint density at radius 2 is 1.52 bits per heavy atom. The first kappa shape index (κ1) is 22.3. The third kappa shape index (κ3) is 6.74. The minimum atomic E-state index is -0.844. The fourth-order valence-electron chi connectivity index (χ4n) is 2.62. The van der Waals surface area contributed by atoms with Gasteiger partial charge in [0.05, 0.1) is 23.7 Å². The normalized spacial score (nSPS) is 16.7. The zero-order chi connectivity index (χ0) is 18.4. The molecule has 0 aromatic rings. The first-order valence-electron chi connectivity index (χ1n) is 8.59. The zero-order valence-electron chi connectivity index (χ0n) is 16.1. The maximum atomic E-state index is 13.0. The van der Waals surface area contributed by atoms with E-state index in [1.165, 1.54) is 0 Å². The lowest BCUT2D eigenvalue weighted by Crippen LogP contribution is -2.48. The summed E-state index contributed by atoms with van der Waals surface area (Å²) in [6.45, 7) is 18.7. The van der Waals surface area contributed by atoms with Crippen LogP contribution in [0, 0.1) is 17.3 Å². The number of hydrogen-bond donors (Lipinski definition) is 1. The summed E-state index contributed by atoms with van der Waals surface area (Å²) in [6.07, 6.45) is 0.991. The molecule has 0 aromatic heterocycles. The molecule has 0 radical (unpaired) electrons. The van der Waals surface area contributed by atoms with Crippen LogP contribution in [0.4, 0.5) is 0 Å². The highest BCUT2D eigenvalue weighted by Crippen LogP contribution is 2.33. The van der Waals surface area contributed by atoms with Crippen molar-refractivity contribution in [2.24, 2.45) is 17.3 Å². The summed E-state index contributed by atoms with van der Waals surface area (Å²) in [7, 11) is 0. The van der Waals surface area contributed by atoms with Crippen LogP contribution >= 0.6 is 0 Å². The van der Waals surface area contributed by atoms with Crippen LogP contribution in [0.15, 0.2) is 12.7 Å². The average Bonchev–Trinajstić information content (AvgIpc) is 2.43. The van der Waals surface area contributed by atoms with E-state index in [0.29, 0.717) is 6.42 Å². The molecule has 0 aromatic carbocycles. The van der Waals surface area contributed by atoms with Crippen molar-refractivity contribution < 1.29 is 19.4 Å². The van der Waals surface area contributed by atoms with E-state index in [4.69, 9.17) is 9.47 Å². The third-order valence-electron chi connectivity index (χ3n) is 4.06. The molecule has 0 aliphatic rings. The summed E-state index contributed by atoms with van der Waals surface area (Å²) < 4.78 is 11.7. The third-order valence-corrected chi connectivity index (χ3v) is 4.06. The first-order chi connectivity index (χ1) is 10.4. The average molecular weight is 328 g/mol. The molecule has 0 fully saturated rings. The van der Waals surface area contributed by atoms with Crippen molar-refractivity contribution >= 4 is 5.78 Å². The van der Waals surface area contributed by atoms with Gasteiger partial charge in [0.25, 0.3) is 0 Å². The summed E-state index contributed by atoms with van der Waals surface area (Å²) in [5.41, 5.74) is -0.844. The van der Waals surface area contributed by atoms with Crippen molar-refractivity contribution in [2.45, 2.75) is 86.4 Å². The van der Waals surface area contributed by atoms with Crippen molar-refractivity contribution in [1.82, 2.24) is 0 Å². The van der Waals surface area contributed by atoms with E-state index in [-0.39, 0.29) is 23.9 Å². The van der Waals surface area contributed by atoms with Crippen LogP contribution < -0.4 is 0 Å². The highest BCUT2D eigenvalue weighted by molar-refractivity contribution is 5.87. The van der Waals surface area contributed by atoms with E-state index < -0.39 is 23.7 Å². The molecule has 4 nitrogen and oxygen atoms in total. The molecule has 23 heavy (non-hydrogen) atoms. The Kier molecular flexibility index (Phi) is 9.26. The van der Waals surface area contributed by atoms with E-state index in [0.717, 1.165) is 0 Å². The fraction of sp³-hybridized carbons (Fsp3) is 0.842. The highest BCUT2D eigenvalue weighted by atomic mass is 16.7. The molecule has 0 aliphatic heterocycles. The molecule has 0 aliphatic carbocycles. The lowest BCUT2D eigenvalue weighted by Gasteiger charge is -2.38. The molecule has 4 heteroatoms. The minimum absolute atomic E-state index is 0.0160. The maximum Gasteiger partial charge on any atom is 0.170 e. The molecule has 0 unspecified atom stereocenters. The second kappa shape index (κ2) is 9.55. The Bertz CT molecular complexity index is 364. The Balaban J connectivity index is 5.24. The van der Waals surface area contributed by atoms with Gasteiger partial charge in [-0.2, -0.15) is 0 Å². The van der Waals surface area contributed by atoms with Gasteiger partial charge in [-0.3, -0.25) is 4.79 Å². The second-order valence-corrected chi connectivity index (χ2v) is 7.57. The molecular formula is C19H36O4. The molecule has 0 heterocycles. The zero-order valence-corrected chi connectivity index (χ0v) is 16.1. The summed E-state index contributed by atoms with van der Waals surface area (Å²) >= 11 is 0. The van der Waals surface area contributed by atoms with Crippen LogP contribution in [-0.4, -0.2) is 35.5 Å². The van der Waals surface area contributed by atoms with E-state index in [2.05, 4.69) is 6.58 Å². The van der Waals surface area contributed by atoms with Crippen LogP contribution in [0.2, 0.25) is 0 Å². The highest BCUT2D eigenvalue weighted by Gasteiger charge is 2.43. The number of carbonyl (C=O) groups is 1. The predicted molar refractivity (Wildman–Crippen MR) is 94.2 cm³/mol. The van der Waals surface area contributed by atoms with Crippen LogP contribution in [-0.2, 0) is 14.3 Å². The van der Waals surface area contributed by atoms with Gasteiger partial charge in [0.2, 0.25) is 0 Å². The summed E-state index contributed by atoms with van der Waals surface area (Å²) in [6, 6.07) is 0. The van der Waals surface area contributed by atoms with Gasteiger partial charge in [-0.05, 0) is 53.9 Å². The Morgan fingerprint density at radius 1 is 1.09 bits per heavy atom. The van der Waals surface area contributed by atoms with E-state index >= 15 is 0 Å². The standard InChI is InChI=1S/C19H36O4/c1-10-11-14(6)16(20)15(7)17(21)19(8,9)18(22-12(2)3)23-13(4)5/h10,12-16,18,20H,1,11H2,2-9H3/t14-,15+,16-/m0/s1. The SMILES string of the molecule is C=CC[C@H](C)[C@H](O)[C@@H](C)C(=O)C(C)(C)C(OC(C)C)OC(C)C. The van der Waals surface area contributed by atoms with Crippen molar-refractivity contribution in [3.8, 4) is 0 Å². The minimum Gasteiger partial charge on any atom is -0.392 e.